The van der Waals surface area contributed by atoms with Gasteiger partial charge in [-0.2, -0.15) is 13.2 Å². The fourth-order valence-corrected chi connectivity index (χ4v) is 4.40. The predicted molar refractivity (Wildman–Crippen MR) is 120 cm³/mol. The summed E-state index contributed by atoms with van der Waals surface area (Å²) in [6.45, 7) is 0.422. The molecule has 1 atom stereocenters. The highest BCUT2D eigenvalue weighted by molar-refractivity contribution is 5.95. The van der Waals surface area contributed by atoms with Crippen molar-refractivity contribution in [3.63, 3.8) is 0 Å². The molecular weight excluding hydrogens is 445 g/mol. The summed E-state index contributed by atoms with van der Waals surface area (Å²) in [6.07, 6.45) is -3.18. The molecule has 174 valence electrons. The number of hydrogen-bond donors (Lipinski definition) is 0. The van der Waals surface area contributed by atoms with Crippen LogP contribution in [0.15, 0.2) is 71.1 Å². The number of hydrogen-bond acceptors (Lipinski definition) is 4. The van der Waals surface area contributed by atoms with E-state index in [-0.39, 0.29) is 5.56 Å². The lowest BCUT2D eigenvalue weighted by atomic mass is 10.0. The number of amides is 1. The number of halogens is 3. The van der Waals surface area contributed by atoms with Gasteiger partial charge >= 0.3 is 6.18 Å². The molecule has 1 aliphatic rings. The lowest BCUT2D eigenvalue weighted by Gasteiger charge is -2.22. The van der Waals surface area contributed by atoms with E-state index < -0.39 is 23.7 Å². The first-order valence-corrected chi connectivity index (χ1v) is 10.9. The molecule has 1 unspecified atom stereocenters. The first kappa shape index (κ1) is 22.0. The Hall–Kier alpha value is -3.81. The number of nitrogens with zero attached hydrogens (tertiary/aromatic N) is 2. The Labute approximate surface area is 193 Å². The zero-order chi connectivity index (χ0) is 23.9. The molecule has 1 saturated heterocycles. The maximum atomic E-state index is 13.1. The number of para-hydroxylation sites is 1. The van der Waals surface area contributed by atoms with E-state index in [9.17, 15) is 18.0 Å². The summed E-state index contributed by atoms with van der Waals surface area (Å²) in [4.78, 5) is 19.3. The minimum Gasteiger partial charge on any atom is -0.496 e. The number of aromatic nitrogens is 1. The van der Waals surface area contributed by atoms with Crippen LogP contribution < -0.4 is 4.74 Å². The van der Waals surface area contributed by atoms with Crippen LogP contribution in [0.4, 0.5) is 13.2 Å². The number of carbonyl (C=O) groups excluding carboxylic acids is 1. The van der Waals surface area contributed by atoms with Gasteiger partial charge in [0.15, 0.2) is 5.58 Å². The van der Waals surface area contributed by atoms with Crippen molar-refractivity contribution in [2.75, 3.05) is 13.7 Å². The molecule has 2 heterocycles. The number of rotatable bonds is 4. The number of alkyl halides is 3. The van der Waals surface area contributed by atoms with Crippen LogP contribution in [0.5, 0.6) is 5.75 Å². The number of carbonyl (C=O) groups is 1. The average molecular weight is 466 g/mol. The summed E-state index contributed by atoms with van der Waals surface area (Å²) < 4.78 is 50.8. The summed E-state index contributed by atoms with van der Waals surface area (Å²) in [5, 5.41) is 0. The molecule has 1 amide bonds. The van der Waals surface area contributed by atoms with Crippen LogP contribution in [0.25, 0.3) is 22.2 Å². The van der Waals surface area contributed by atoms with E-state index in [1.807, 2.05) is 42.5 Å². The highest BCUT2D eigenvalue weighted by atomic mass is 19.4. The van der Waals surface area contributed by atoms with Crippen LogP contribution in [0, 0.1) is 0 Å². The fourth-order valence-electron chi connectivity index (χ4n) is 4.40. The topological polar surface area (TPSA) is 55.6 Å². The molecular formula is C26H21F3N2O3. The standard InChI is InChI=1S/C26H21F3N2O3/c1-33-22-10-3-2-8-19(22)16-11-12-23-20(15-16)30-24(34-23)21-9-5-13-31(21)25(32)17-6-4-7-18(14-17)26(27,28)29/h2-4,6-8,10-12,14-15,21H,5,9,13H2,1H3. The van der Waals surface area contributed by atoms with Crippen molar-refractivity contribution < 1.29 is 27.1 Å². The highest BCUT2D eigenvalue weighted by Gasteiger charge is 2.36. The van der Waals surface area contributed by atoms with Crippen LogP contribution in [0.1, 0.15) is 40.7 Å². The Morgan fingerprint density at radius 2 is 1.91 bits per heavy atom. The molecule has 1 fully saturated rings. The number of ether oxygens (including phenoxy) is 1. The Morgan fingerprint density at radius 1 is 1.09 bits per heavy atom. The van der Waals surface area contributed by atoms with Crippen molar-refractivity contribution in [2.45, 2.75) is 25.1 Å². The third-order valence-electron chi connectivity index (χ3n) is 6.06. The van der Waals surface area contributed by atoms with Gasteiger partial charge in [-0.15, -0.1) is 0 Å². The van der Waals surface area contributed by atoms with E-state index in [1.54, 1.807) is 12.0 Å². The molecule has 4 aromatic rings. The number of benzene rings is 3. The predicted octanol–water partition coefficient (Wildman–Crippen LogP) is 6.50. The lowest BCUT2D eigenvalue weighted by molar-refractivity contribution is -0.137. The van der Waals surface area contributed by atoms with E-state index in [2.05, 4.69) is 4.98 Å². The first-order chi connectivity index (χ1) is 16.3. The minimum atomic E-state index is -4.51. The van der Waals surface area contributed by atoms with E-state index in [0.717, 1.165) is 29.0 Å². The Kier molecular flexibility index (Phi) is 5.51. The quantitative estimate of drug-likeness (QED) is 0.345. The van der Waals surface area contributed by atoms with E-state index >= 15 is 0 Å². The van der Waals surface area contributed by atoms with Gasteiger partial charge in [0.05, 0.1) is 12.7 Å². The summed E-state index contributed by atoms with van der Waals surface area (Å²) in [5.74, 6) is 0.648. The second-order valence-electron chi connectivity index (χ2n) is 8.17. The smallest absolute Gasteiger partial charge is 0.416 e. The molecule has 0 aliphatic carbocycles. The van der Waals surface area contributed by atoms with Gasteiger partial charge in [-0.3, -0.25) is 4.79 Å². The molecule has 5 nitrogen and oxygen atoms in total. The van der Waals surface area contributed by atoms with Crippen LogP contribution >= 0.6 is 0 Å². The van der Waals surface area contributed by atoms with Gasteiger partial charge in [0, 0.05) is 17.7 Å². The Morgan fingerprint density at radius 3 is 2.71 bits per heavy atom. The molecule has 1 aromatic heterocycles. The van der Waals surface area contributed by atoms with Crippen molar-refractivity contribution in [2.24, 2.45) is 0 Å². The van der Waals surface area contributed by atoms with E-state index in [0.29, 0.717) is 36.4 Å². The van der Waals surface area contributed by atoms with Crippen molar-refractivity contribution >= 4 is 17.0 Å². The summed E-state index contributed by atoms with van der Waals surface area (Å²) >= 11 is 0. The zero-order valence-electron chi connectivity index (χ0n) is 18.3. The normalized spacial score (nSPS) is 16.2. The molecule has 0 radical (unpaired) electrons. The van der Waals surface area contributed by atoms with Gasteiger partial charge in [-0.05, 0) is 54.8 Å². The average Bonchev–Trinajstić information content (AvgIpc) is 3.49. The molecule has 0 bridgehead atoms. The maximum absolute atomic E-state index is 13.1. The lowest BCUT2D eigenvalue weighted by Crippen LogP contribution is -2.31. The molecule has 34 heavy (non-hydrogen) atoms. The number of oxazole rings is 1. The van der Waals surface area contributed by atoms with Crippen LogP contribution in [0.2, 0.25) is 0 Å². The SMILES string of the molecule is COc1ccccc1-c1ccc2oc(C3CCCN3C(=O)c3cccc(C(F)(F)F)c3)nc2c1. The summed E-state index contributed by atoms with van der Waals surface area (Å²) in [7, 11) is 1.61. The number of methoxy groups -OCH3 is 1. The molecule has 0 saturated carbocycles. The summed E-state index contributed by atoms with van der Waals surface area (Å²) in [6, 6.07) is 17.3. The van der Waals surface area contributed by atoms with Crippen molar-refractivity contribution in [3.05, 3.63) is 83.7 Å². The third kappa shape index (κ3) is 4.00. The van der Waals surface area contributed by atoms with Crippen molar-refractivity contribution in [1.29, 1.82) is 0 Å². The maximum Gasteiger partial charge on any atom is 0.416 e. The van der Waals surface area contributed by atoms with Gasteiger partial charge < -0.3 is 14.1 Å². The van der Waals surface area contributed by atoms with Gasteiger partial charge in [0.1, 0.15) is 17.3 Å². The molecule has 0 N–H and O–H groups in total. The van der Waals surface area contributed by atoms with Gasteiger partial charge in [-0.25, -0.2) is 4.98 Å². The Balaban J connectivity index is 1.46. The zero-order valence-corrected chi connectivity index (χ0v) is 18.3. The van der Waals surface area contributed by atoms with Gasteiger partial charge in [-0.1, -0.05) is 30.3 Å². The summed E-state index contributed by atoms with van der Waals surface area (Å²) in [5.41, 5.74) is 2.19. The van der Waals surface area contributed by atoms with Crippen LogP contribution in [-0.4, -0.2) is 29.4 Å². The molecule has 3 aromatic carbocycles. The first-order valence-electron chi connectivity index (χ1n) is 10.9. The van der Waals surface area contributed by atoms with E-state index in [1.165, 1.54) is 12.1 Å². The monoisotopic (exact) mass is 466 g/mol. The molecule has 0 spiro atoms. The number of likely N-dealkylation sites (tertiary alicyclic amines) is 1. The highest BCUT2D eigenvalue weighted by Crippen LogP contribution is 2.37. The fraction of sp³-hybridized carbons (Fsp3) is 0.231. The minimum absolute atomic E-state index is 0.00343. The van der Waals surface area contributed by atoms with E-state index in [4.69, 9.17) is 9.15 Å². The van der Waals surface area contributed by atoms with Crippen molar-refractivity contribution in [3.8, 4) is 16.9 Å². The van der Waals surface area contributed by atoms with Crippen molar-refractivity contribution in [1.82, 2.24) is 9.88 Å². The second-order valence-corrected chi connectivity index (χ2v) is 8.17. The molecule has 8 heteroatoms. The largest absolute Gasteiger partial charge is 0.496 e. The van der Waals surface area contributed by atoms with Gasteiger partial charge in [0.2, 0.25) is 5.89 Å². The molecule has 5 rings (SSSR count). The number of fused-ring (bicyclic) bond motifs is 1. The third-order valence-corrected chi connectivity index (χ3v) is 6.06. The second kappa shape index (κ2) is 8.52. The van der Waals surface area contributed by atoms with Gasteiger partial charge in [0.25, 0.3) is 5.91 Å². The van der Waals surface area contributed by atoms with Crippen LogP contribution in [-0.2, 0) is 6.18 Å². The van der Waals surface area contributed by atoms with Crippen LogP contribution in [0.3, 0.4) is 0 Å². The molecule has 1 aliphatic heterocycles. The Bertz CT molecular complexity index is 1360.